The number of nitrogens with two attached hydrogens (primary N) is 1. The molecule has 0 aliphatic rings. The van der Waals surface area contributed by atoms with Crippen molar-refractivity contribution in [3.63, 3.8) is 0 Å². The van der Waals surface area contributed by atoms with E-state index in [2.05, 4.69) is 5.10 Å². The van der Waals surface area contributed by atoms with Crippen molar-refractivity contribution in [2.75, 3.05) is 14.1 Å². The van der Waals surface area contributed by atoms with Crippen molar-refractivity contribution in [1.82, 2.24) is 14.9 Å². The Bertz CT molecular complexity index is 588. The second-order valence-corrected chi connectivity index (χ2v) is 3.98. The van der Waals surface area contributed by atoms with E-state index < -0.39 is 17.4 Å². The minimum atomic E-state index is -0.835. The van der Waals surface area contributed by atoms with Gasteiger partial charge in [0.05, 0.1) is 11.9 Å². The molecule has 0 saturated carbocycles. The van der Waals surface area contributed by atoms with Crippen LogP contribution in [0.15, 0.2) is 22.2 Å². The number of aryl methyl sites for hydroxylation is 1. The molecule has 0 spiro atoms. The Balaban J connectivity index is 3.32. The van der Waals surface area contributed by atoms with Crippen molar-refractivity contribution in [2.45, 2.75) is 0 Å². The Morgan fingerprint density at radius 1 is 1.47 bits per heavy atom. The average molecular weight is 265 g/mol. The molecule has 0 radical (unpaired) electrons. The zero-order valence-electron chi connectivity index (χ0n) is 10.9. The second-order valence-electron chi connectivity index (χ2n) is 3.98. The molecule has 19 heavy (non-hydrogen) atoms. The number of amides is 3. The molecule has 0 bridgehead atoms. The fourth-order valence-electron chi connectivity index (χ4n) is 1.40. The lowest BCUT2D eigenvalue weighted by Gasteiger charge is -2.13. The maximum Gasteiger partial charge on any atom is 0.332 e. The molecular weight excluding hydrogens is 250 g/mol. The monoisotopic (exact) mass is 265 g/mol. The highest BCUT2D eigenvalue weighted by atomic mass is 16.2. The Morgan fingerprint density at radius 2 is 2.11 bits per heavy atom. The molecule has 1 aromatic heterocycles. The number of pyridine rings is 1. The van der Waals surface area contributed by atoms with Gasteiger partial charge >= 0.3 is 6.03 Å². The zero-order valence-corrected chi connectivity index (χ0v) is 10.9. The molecule has 1 rings (SSSR count). The summed E-state index contributed by atoms with van der Waals surface area (Å²) in [5.74, 6) is -0.443. The first-order chi connectivity index (χ1) is 8.84. The second kappa shape index (κ2) is 5.80. The van der Waals surface area contributed by atoms with Crippen LogP contribution in [0.1, 0.15) is 16.1 Å². The predicted octanol–water partition coefficient (Wildman–Crippen LogP) is -0.911. The number of aromatic nitrogens is 1. The minimum absolute atomic E-state index is 0.0231. The molecular formula is C11H15N5O3. The molecule has 0 aromatic carbocycles. The van der Waals surface area contributed by atoms with Crippen LogP contribution in [0.4, 0.5) is 4.79 Å². The lowest BCUT2D eigenvalue weighted by atomic mass is 10.1. The number of rotatable bonds is 3. The van der Waals surface area contributed by atoms with E-state index in [4.69, 9.17) is 5.73 Å². The van der Waals surface area contributed by atoms with Crippen LogP contribution in [0, 0.1) is 0 Å². The fraction of sp³-hybridized carbons (Fsp3) is 0.273. The topological polar surface area (TPSA) is 110 Å². The SMILES string of the molecule is CN(C)C(=O)c1c(C=NNC(N)=O)n(C)ccc1=O. The Labute approximate surface area is 109 Å². The third-order valence-electron chi connectivity index (χ3n) is 2.31. The Morgan fingerprint density at radius 3 is 2.63 bits per heavy atom. The van der Waals surface area contributed by atoms with E-state index in [9.17, 15) is 14.4 Å². The largest absolute Gasteiger partial charge is 0.350 e. The molecule has 1 aromatic rings. The molecule has 0 aliphatic heterocycles. The van der Waals surface area contributed by atoms with Gasteiger partial charge in [0, 0.05) is 33.4 Å². The summed E-state index contributed by atoms with van der Waals surface area (Å²) in [5, 5.41) is 3.57. The Kier molecular flexibility index (Phi) is 4.41. The summed E-state index contributed by atoms with van der Waals surface area (Å²) in [4.78, 5) is 35.6. The van der Waals surface area contributed by atoms with Gasteiger partial charge in [0.25, 0.3) is 5.91 Å². The van der Waals surface area contributed by atoms with E-state index in [-0.39, 0.29) is 11.3 Å². The summed E-state index contributed by atoms with van der Waals surface area (Å²) in [6.07, 6.45) is 2.70. The quantitative estimate of drug-likeness (QED) is 0.545. The molecule has 102 valence electrons. The summed E-state index contributed by atoms with van der Waals surface area (Å²) in [6, 6.07) is 0.452. The van der Waals surface area contributed by atoms with Gasteiger partial charge in [-0.05, 0) is 0 Å². The van der Waals surface area contributed by atoms with Gasteiger partial charge in [-0.1, -0.05) is 0 Å². The molecule has 8 nitrogen and oxygen atoms in total. The zero-order chi connectivity index (χ0) is 14.6. The van der Waals surface area contributed by atoms with Crippen molar-refractivity contribution in [2.24, 2.45) is 17.9 Å². The molecule has 0 fully saturated rings. The molecule has 3 amide bonds. The van der Waals surface area contributed by atoms with Crippen molar-refractivity contribution in [3.05, 3.63) is 33.7 Å². The summed E-state index contributed by atoms with van der Waals surface area (Å²) >= 11 is 0. The number of hydrogen-bond donors (Lipinski definition) is 2. The third-order valence-corrected chi connectivity index (χ3v) is 2.31. The van der Waals surface area contributed by atoms with Gasteiger partial charge in [0.2, 0.25) is 0 Å². The van der Waals surface area contributed by atoms with E-state index in [1.807, 2.05) is 5.43 Å². The van der Waals surface area contributed by atoms with E-state index in [1.54, 1.807) is 11.6 Å². The fourth-order valence-corrected chi connectivity index (χ4v) is 1.40. The number of hydrogen-bond acceptors (Lipinski definition) is 4. The van der Waals surface area contributed by atoms with Gasteiger partial charge in [-0.2, -0.15) is 5.10 Å². The normalized spacial score (nSPS) is 10.5. The van der Waals surface area contributed by atoms with Crippen LogP contribution in [0.5, 0.6) is 0 Å². The van der Waals surface area contributed by atoms with Gasteiger partial charge in [-0.3, -0.25) is 9.59 Å². The van der Waals surface area contributed by atoms with Crippen LogP contribution < -0.4 is 16.6 Å². The number of hydrazone groups is 1. The smallest absolute Gasteiger partial charge is 0.332 e. The molecule has 0 unspecified atom stereocenters. The van der Waals surface area contributed by atoms with Crippen LogP contribution >= 0.6 is 0 Å². The van der Waals surface area contributed by atoms with E-state index in [0.717, 1.165) is 0 Å². The number of nitrogens with zero attached hydrogens (tertiary/aromatic N) is 3. The van der Waals surface area contributed by atoms with Crippen LogP contribution in [0.2, 0.25) is 0 Å². The van der Waals surface area contributed by atoms with Gasteiger partial charge in [-0.25, -0.2) is 10.2 Å². The lowest BCUT2D eigenvalue weighted by Crippen LogP contribution is -2.31. The van der Waals surface area contributed by atoms with Gasteiger partial charge in [-0.15, -0.1) is 0 Å². The number of urea groups is 1. The number of primary amides is 1. The standard InChI is InChI=1S/C11H15N5O3/c1-15(2)10(18)9-7(6-13-14-11(12)19)16(3)5-4-8(9)17/h4-6H,1-3H3,(H3,12,14,19). The first-order valence-corrected chi connectivity index (χ1v) is 5.34. The van der Waals surface area contributed by atoms with E-state index >= 15 is 0 Å². The van der Waals surface area contributed by atoms with Crippen molar-refractivity contribution in [1.29, 1.82) is 0 Å². The highest BCUT2D eigenvalue weighted by molar-refractivity contribution is 6.01. The summed E-state index contributed by atoms with van der Waals surface area (Å²) < 4.78 is 1.55. The Hall–Kier alpha value is -2.64. The lowest BCUT2D eigenvalue weighted by molar-refractivity contribution is 0.0825. The van der Waals surface area contributed by atoms with Gasteiger partial charge in [0.1, 0.15) is 5.56 Å². The molecule has 0 saturated heterocycles. The molecule has 0 aliphatic carbocycles. The van der Waals surface area contributed by atoms with Crippen LogP contribution in [-0.4, -0.2) is 41.7 Å². The van der Waals surface area contributed by atoms with Gasteiger partial charge < -0.3 is 15.2 Å². The predicted molar refractivity (Wildman–Crippen MR) is 70.0 cm³/mol. The number of nitrogens with one attached hydrogen (secondary N) is 1. The van der Waals surface area contributed by atoms with Crippen LogP contribution in [-0.2, 0) is 7.05 Å². The molecule has 1 heterocycles. The maximum absolute atomic E-state index is 12.0. The molecule has 3 N–H and O–H groups in total. The average Bonchev–Trinajstić information content (AvgIpc) is 2.32. The van der Waals surface area contributed by atoms with Crippen molar-refractivity contribution >= 4 is 18.2 Å². The maximum atomic E-state index is 12.0. The van der Waals surface area contributed by atoms with E-state index in [1.165, 1.54) is 37.5 Å². The highest BCUT2D eigenvalue weighted by Gasteiger charge is 2.18. The van der Waals surface area contributed by atoms with Gasteiger partial charge in [0.15, 0.2) is 5.43 Å². The van der Waals surface area contributed by atoms with Crippen molar-refractivity contribution < 1.29 is 9.59 Å². The minimum Gasteiger partial charge on any atom is -0.350 e. The van der Waals surface area contributed by atoms with Crippen LogP contribution in [0.25, 0.3) is 0 Å². The molecule has 0 atom stereocenters. The summed E-state index contributed by atoms with van der Waals surface area (Å²) in [7, 11) is 4.73. The molecule has 8 heteroatoms. The van der Waals surface area contributed by atoms with Crippen molar-refractivity contribution in [3.8, 4) is 0 Å². The summed E-state index contributed by atoms with van der Waals surface area (Å²) in [5.41, 5.74) is 6.70. The third kappa shape index (κ3) is 3.41. The summed E-state index contributed by atoms with van der Waals surface area (Å²) in [6.45, 7) is 0. The first-order valence-electron chi connectivity index (χ1n) is 5.34. The van der Waals surface area contributed by atoms with Crippen LogP contribution in [0.3, 0.4) is 0 Å². The first kappa shape index (κ1) is 14.4. The highest BCUT2D eigenvalue weighted by Crippen LogP contribution is 2.03. The van der Waals surface area contributed by atoms with E-state index in [0.29, 0.717) is 0 Å². The number of carbonyl (C=O) groups is 2. The number of carbonyl (C=O) groups excluding carboxylic acids is 2.